The van der Waals surface area contributed by atoms with Crippen LogP contribution in [0.1, 0.15) is 19.3 Å². The number of esters is 1. The predicted octanol–water partition coefficient (Wildman–Crippen LogP) is 1.43. The van der Waals surface area contributed by atoms with Crippen molar-refractivity contribution in [3.05, 3.63) is 29.3 Å². The smallest absolute Gasteiger partial charge is 0.354 e. The first-order valence-corrected chi connectivity index (χ1v) is 10.7. The second-order valence-corrected chi connectivity index (χ2v) is 8.95. The summed E-state index contributed by atoms with van der Waals surface area (Å²) in [5.41, 5.74) is 0.116. The number of hydrogen-bond donors (Lipinski definition) is 0. The van der Waals surface area contributed by atoms with Gasteiger partial charge in [-0.05, 0) is 30.7 Å². The van der Waals surface area contributed by atoms with Crippen LogP contribution in [0.15, 0.2) is 29.4 Å². The van der Waals surface area contributed by atoms with Gasteiger partial charge < -0.3 is 9.47 Å². The molecule has 1 aromatic rings. The monoisotopic (exact) mass is 414 g/mol. The van der Waals surface area contributed by atoms with E-state index in [9.17, 15) is 18.0 Å². The summed E-state index contributed by atoms with van der Waals surface area (Å²) in [6.07, 6.45) is 0.603. The number of halogens is 1. The minimum atomic E-state index is -3.16. The van der Waals surface area contributed by atoms with Gasteiger partial charge in [-0.3, -0.25) is 4.79 Å². The van der Waals surface area contributed by atoms with Gasteiger partial charge in [0, 0.05) is 17.9 Å². The lowest BCUT2D eigenvalue weighted by Gasteiger charge is -2.27. The van der Waals surface area contributed by atoms with Crippen LogP contribution in [0.25, 0.3) is 0 Å². The molecule has 3 rings (SSSR count). The fourth-order valence-electron chi connectivity index (χ4n) is 2.88. The Bertz CT molecular complexity index is 853. The normalized spacial score (nSPS) is 21.7. The Morgan fingerprint density at radius 3 is 2.63 bits per heavy atom. The molecular formula is C17H19ClN2O6S. The third kappa shape index (κ3) is 5.20. The van der Waals surface area contributed by atoms with E-state index in [4.69, 9.17) is 21.1 Å². The molecule has 0 aliphatic carbocycles. The lowest BCUT2D eigenvalue weighted by Crippen LogP contribution is -2.42. The van der Waals surface area contributed by atoms with Crippen LogP contribution < -0.4 is 4.74 Å². The molecule has 2 aliphatic heterocycles. The number of sulfone groups is 1. The number of nitrogens with zero attached hydrogens (tertiary/aromatic N) is 2. The van der Waals surface area contributed by atoms with Crippen LogP contribution in [0.5, 0.6) is 5.75 Å². The highest BCUT2D eigenvalue weighted by Crippen LogP contribution is 2.22. The minimum absolute atomic E-state index is 0.0201. The SMILES string of the molecule is O=C(OCCOc1ccc(Cl)cc1)C1=NN([C@@H]2CCS(=O)(=O)C2)C(=O)CC1. The van der Waals surface area contributed by atoms with Crippen molar-refractivity contribution < 1.29 is 27.5 Å². The van der Waals surface area contributed by atoms with Gasteiger partial charge in [-0.2, -0.15) is 5.10 Å². The molecule has 1 fully saturated rings. The lowest BCUT2D eigenvalue weighted by molar-refractivity contribution is -0.137. The van der Waals surface area contributed by atoms with Gasteiger partial charge in [0.05, 0.1) is 17.5 Å². The average molecular weight is 415 g/mol. The maximum atomic E-state index is 12.2. The van der Waals surface area contributed by atoms with Gasteiger partial charge in [-0.15, -0.1) is 0 Å². The minimum Gasteiger partial charge on any atom is -0.490 e. The Hall–Kier alpha value is -2.13. The molecule has 0 aromatic heterocycles. The van der Waals surface area contributed by atoms with E-state index in [1.165, 1.54) is 0 Å². The Morgan fingerprint density at radius 1 is 1.22 bits per heavy atom. The largest absolute Gasteiger partial charge is 0.490 e. The number of rotatable bonds is 6. The van der Waals surface area contributed by atoms with Crippen LogP contribution in [0.2, 0.25) is 5.02 Å². The molecule has 10 heteroatoms. The summed E-state index contributed by atoms with van der Waals surface area (Å²) in [5, 5.41) is 5.79. The molecule has 1 amide bonds. The molecule has 2 aliphatic rings. The van der Waals surface area contributed by atoms with E-state index in [2.05, 4.69) is 5.10 Å². The van der Waals surface area contributed by atoms with Crippen molar-refractivity contribution in [1.29, 1.82) is 0 Å². The first-order valence-electron chi connectivity index (χ1n) is 8.49. The van der Waals surface area contributed by atoms with E-state index in [-0.39, 0.29) is 49.2 Å². The second kappa shape index (κ2) is 8.26. The molecule has 1 atom stereocenters. The number of ether oxygens (including phenoxy) is 2. The fraction of sp³-hybridized carbons (Fsp3) is 0.471. The van der Waals surface area contributed by atoms with Crippen molar-refractivity contribution >= 4 is 39.0 Å². The zero-order valence-corrected chi connectivity index (χ0v) is 16.0. The number of hydrogen-bond acceptors (Lipinski definition) is 7. The molecule has 146 valence electrons. The molecule has 0 unspecified atom stereocenters. The molecule has 1 aromatic carbocycles. The number of amides is 1. The maximum absolute atomic E-state index is 12.2. The number of carbonyl (C=O) groups excluding carboxylic acids is 2. The van der Waals surface area contributed by atoms with E-state index < -0.39 is 21.8 Å². The van der Waals surface area contributed by atoms with Gasteiger partial charge in [0.25, 0.3) is 0 Å². The summed E-state index contributed by atoms with van der Waals surface area (Å²) in [7, 11) is -3.16. The summed E-state index contributed by atoms with van der Waals surface area (Å²) >= 11 is 5.79. The first kappa shape index (κ1) is 19.6. The molecule has 8 nitrogen and oxygen atoms in total. The molecule has 27 heavy (non-hydrogen) atoms. The Morgan fingerprint density at radius 2 is 1.96 bits per heavy atom. The molecule has 0 bridgehead atoms. The zero-order chi connectivity index (χ0) is 19.4. The van der Waals surface area contributed by atoms with Gasteiger partial charge in [0.2, 0.25) is 5.91 Å². The third-order valence-electron chi connectivity index (χ3n) is 4.25. The highest BCUT2D eigenvalue weighted by molar-refractivity contribution is 7.91. The van der Waals surface area contributed by atoms with Crippen LogP contribution in [0.4, 0.5) is 0 Å². The summed E-state index contributed by atoms with van der Waals surface area (Å²) in [5.74, 6) is -0.407. The Labute approximate surface area is 162 Å². The molecule has 0 radical (unpaired) electrons. The van der Waals surface area contributed by atoms with Gasteiger partial charge in [-0.1, -0.05) is 11.6 Å². The van der Waals surface area contributed by atoms with E-state index in [0.29, 0.717) is 17.2 Å². The van der Waals surface area contributed by atoms with Gasteiger partial charge in [0.15, 0.2) is 9.84 Å². The standard InChI is InChI=1S/C17H19ClN2O6S/c18-12-1-3-14(4-2-12)25-8-9-26-17(22)15-5-6-16(21)20(19-15)13-7-10-27(23,24)11-13/h1-4,13H,5-11H2/t13-/m1/s1. The molecule has 0 N–H and O–H groups in total. The van der Waals surface area contributed by atoms with Crippen molar-refractivity contribution in [2.24, 2.45) is 5.10 Å². The molecule has 0 spiro atoms. The quantitative estimate of drug-likeness (QED) is 0.515. The van der Waals surface area contributed by atoms with E-state index in [0.717, 1.165) is 5.01 Å². The third-order valence-corrected chi connectivity index (χ3v) is 6.25. The lowest BCUT2D eigenvalue weighted by atomic mass is 10.1. The molecule has 1 saturated heterocycles. The van der Waals surface area contributed by atoms with Gasteiger partial charge in [0.1, 0.15) is 24.7 Å². The Balaban J connectivity index is 1.52. The van der Waals surface area contributed by atoms with Crippen molar-refractivity contribution in [2.75, 3.05) is 24.7 Å². The molecular weight excluding hydrogens is 396 g/mol. The van der Waals surface area contributed by atoms with Crippen molar-refractivity contribution in [3.8, 4) is 5.75 Å². The van der Waals surface area contributed by atoms with Crippen LogP contribution in [-0.2, 0) is 24.2 Å². The van der Waals surface area contributed by atoms with Crippen LogP contribution in [0.3, 0.4) is 0 Å². The fourth-order valence-corrected chi connectivity index (χ4v) is 4.70. The molecule has 2 heterocycles. The van der Waals surface area contributed by atoms with E-state index in [1.807, 2.05) is 0 Å². The maximum Gasteiger partial charge on any atom is 0.354 e. The molecule has 0 saturated carbocycles. The highest BCUT2D eigenvalue weighted by atomic mass is 35.5. The summed E-state index contributed by atoms with van der Waals surface area (Å²) in [6, 6.07) is 6.27. The number of hydrazone groups is 1. The summed E-state index contributed by atoms with van der Waals surface area (Å²) < 4.78 is 33.8. The first-order chi connectivity index (χ1) is 12.8. The van der Waals surface area contributed by atoms with E-state index >= 15 is 0 Å². The number of benzene rings is 1. The Kier molecular flexibility index (Phi) is 6.01. The second-order valence-electron chi connectivity index (χ2n) is 6.28. The van der Waals surface area contributed by atoms with Crippen LogP contribution >= 0.6 is 11.6 Å². The van der Waals surface area contributed by atoms with Crippen LogP contribution in [0, 0.1) is 0 Å². The van der Waals surface area contributed by atoms with Gasteiger partial charge >= 0.3 is 5.97 Å². The summed E-state index contributed by atoms with van der Waals surface area (Å²) in [6.45, 7) is 0.177. The highest BCUT2D eigenvalue weighted by Gasteiger charge is 2.37. The van der Waals surface area contributed by atoms with Crippen LogP contribution in [-0.4, -0.2) is 61.8 Å². The van der Waals surface area contributed by atoms with Gasteiger partial charge in [-0.25, -0.2) is 18.2 Å². The van der Waals surface area contributed by atoms with Crippen molar-refractivity contribution in [2.45, 2.75) is 25.3 Å². The predicted molar refractivity (Wildman–Crippen MR) is 98.5 cm³/mol. The van der Waals surface area contributed by atoms with E-state index in [1.54, 1.807) is 24.3 Å². The summed E-state index contributed by atoms with van der Waals surface area (Å²) in [4.78, 5) is 24.2. The zero-order valence-electron chi connectivity index (χ0n) is 14.5. The topological polar surface area (TPSA) is 102 Å². The number of carbonyl (C=O) groups is 2. The average Bonchev–Trinajstić information content (AvgIpc) is 3.00. The van der Waals surface area contributed by atoms with Crippen molar-refractivity contribution in [3.63, 3.8) is 0 Å². The van der Waals surface area contributed by atoms with Crippen molar-refractivity contribution in [1.82, 2.24) is 5.01 Å².